The average Bonchev–Trinajstić information content (AvgIpc) is 2.36. The van der Waals surface area contributed by atoms with E-state index in [1.807, 2.05) is 13.8 Å². The Morgan fingerprint density at radius 3 is 2.67 bits per heavy atom. The van der Waals surface area contributed by atoms with E-state index in [1.165, 1.54) is 23.6 Å². The first-order valence-corrected chi connectivity index (χ1v) is 7.26. The minimum absolute atomic E-state index is 0.0503. The summed E-state index contributed by atoms with van der Waals surface area (Å²) < 4.78 is 25.8. The van der Waals surface area contributed by atoms with E-state index < -0.39 is 10.0 Å². The van der Waals surface area contributed by atoms with Gasteiger partial charge in [0.05, 0.1) is 5.02 Å². The van der Waals surface area contributed by atoms with Gasteiger partial charge in [0.1, 0.15) is 4.90 Å². The summed E-state index contributed by atoms with van der Waals surface area (Å²) in [5.41, 5.74) is 2.29. The summed E-state index contributed by atoms with van der Waals surface area (Å²) in [6.07, 6.45) is 1.95. The van der Waals surface area contributed by atoms with Crippen LogP contribution in [-0.4, -0.2) is 30.8 Å². The minimum Gasteiger partial charge on any atom is -0.307 e. The lowest BCUT2D eigenvalue weighted by Crippen LogP contribution is -2.34. The zero-order chi connectivity index (χ0) is 13.9. The first-order valence-electron chi connectivity index (χ1n) is 5.44. The molecule has 0 amide bonds. The number of nitrogens with two attached hydrogens (primary N) is 1. The van der Waals surface area contributed by atoms with E-state index >= 15 is 0 Å². The molecule has 0 saturated heterocycles. The van der Waals surface area contributed by atoms with Gasteiger partial charge in [-0.1, -0.05) is 18.5 Å². The van der Waals surface area contributed by atoms with Gasteiger partial charge in [-0.2, -0.15) is 4.31 Å². The van der Waals surface area contributed by atoms with Crippen molar-refractivity contribution in [2.24, 2.45) is 5.84 Å². The fraction of sp³-hybridized carbons (Fsp3) is 0.500. The van der Waals surface area contributed by atoms with Gasteiger partial charge in [0.2, 0.25) is 10.0 Å². The lowest BCUT2D eigenvalue weighted by atomic mass is 10.3. The standard InChI is InChI=1S/C10H17ClN4O2S/c1-4-7(2)15(3)18(16,17)8-5-9(11)10(14-12)13-6-8/h5-7H,4,12H2,1-3H3,(H,13,14). The summed E-state index contributed by atoms with van der Waals surface area (Å²) in [4.78, 5) is 3.91. The Kier molecular flexibility index (Phi) is 4.92. The van der Waals surface area contributed by atoms with E-state index in [1.54, 1.807) is 0 Å². The van der Waals surface area contributed by atoms with Gasteiger partial charge >= 0.3 is 0 Å². The van der Waals surface area contributed by atoms with Crippen molar-refractivity contribution >= 4 is 27.4 Å². The smallest absolute Gasteiger partial charge is 0.244 e. The van der Waals surface area contributed by atoms with Crippen molar-refractivity contribution < 1.29 is 8.42 Å². The molecule has 1 aromatic rings. The molecular weight excluding hydrogens is 276 g/mol. The maximum atomic E-state index is 12.3. The molecule has 0 spiro atoms. The highest BCUT2D eigenvalue weighted by Gasteiger charge is 2.25. The number of nitrogen functional groups attached to an aromatic ring is 1. The first-order chi connectivity index (χ1) is 8.34. The van der Waals surface area contributed by atoms with Crippen LogP contribution in [0.2, 0.25) is 5.02 Å². The second-order valence-corrected chi connectivity index (χ2v) is 6.33. The van der Waals surface area contributed by atoms with Crippen LogP contribution in [0.4, 0.5) is 5.82 Å². The fourth-order valence-corrected chi connectivity index (χ4v) is 3.02. The predicted octanol–water partition coefficient (Wildman–Crippen LogP) is 1.44. The molecule has 1 atom stereocenters. The highest BCUT2D eigenvalue weighted by atomic mass is 35.5. The molecule has 0 saturated carbocycles. The lowest BCUT2D eigenvalue weighted by molar-refractivity contribution is 0.380. The number of anilines is 1. The van der Waals surface area contributed by atoms with Crippen molar-refractivity contribution in [2.45, 2.75) is 31.2 Å². The van der Waals surface area contributed by atoms with Gasteiger partial charge in [0.15, 0.2) is 5.82 Å². The monoisotopic (exact) mass is 292 g/mol. The molecule has 0 aliphatic carbocycles. The van der Waals surface area contributed by atoms with Crippen LogP contribution in [0.15, 0.2) is 17.2 Å². The van der Waals surface area contributed by atoms with Crippen LogP contribution in [0.5, 0.6) is 0 Å². The van der Waals surface area contributed by atoms with Crippen molar-refractivity contribution in [2.75, 3.05) is 12.5 Å². The molecule has 1 aromatic heterocycles. The summed E-state index contributed by atoms with van der Waals surface area (Å²) in [6.45, 7) is 3.76. The third-order valence-electron chi connectivity index (χ3n) is 2.84. The minimum atomic E-state index is -3.58. The Morgan fingerprint density at radius 1 is 1.61 bits per heavy atom. The molecule has 1 unspecified atom stereocenters. The number of hydrogen-bond donors (Lipinski definition) is 2. The Hall–Kier alpha value is -0.890. The molecule has 6 nitrogen and oxygen atoms in total. The average molecular weight is 293 g/mol. The molecule has 0 aromatic carbocycles. The number of sulfonamides is 1. The largest absolute Gasteiger partial charge is 0.307 e. The van der Waals surface area contributed by atoms with Crippen LogP contribution >= 0.6 is 11.6 Å². The van der Waals surface area contributed by atoms with Crippen LogP contribution in [0.25, 0.3) is 0 Å². The number of aromatic nitrogens is 1. The predicted molar refractivity (Wildman–Crippen MR) is 71.8 cm³/mol. The van der Waals surface area contributed by atoms with E-state index in [9.17, 15) is 8.42 Å². The van der Waals surface area contributed by atoms with Crippen LogP contribution in [0.1, 0.15) is 20.3 Å². The van der Waals surface area contributed by atoms with E-state index in [0.29, 0.717) is 0 Å². The molecule has 18 heavy (non-hydrogen) atoms. The van der Waals surface area contributed by atoms with Crippen molar-refractivity contribution in [1.82, 2.24) is 9.29 Å². The summed E-state index contributed by atoms with van der Waals surface area (Å²) in [7, 11) is -2.05. The quantitative estimate of drug-likeness (QED) is 0.633. The number of halogens is 1. The number of hydrogen-bond acceptors (Lipinski definition) is 5. The molecule has 0 aliphatic rings. The highest BCUT2D eigenvalue weighted by Crippen LogP contribution is 2.24. The summed E-state index contributed by atoms with van der Waals surface area (Å²) in [5.74, 6) is 5.42. The SMILES string of the molecule is CCC(C)N(C)S(=O)(=O)c1cnc(NN)c(Cl)c1. The Labute approximate surface area is 112 Å². The topological polar surface area (TPSA) is 88.3 Å². The maximum absolute atomic E-state index is 12.3. The van der Waals surface area contributed by atoms with Gasteiger partial charge in [-0.25, -0.2) is 19.2 Å². The van der Waals surface area contributed by atoms with Crippen molar-refractivity contribution in [3.63, 3.8) is 0 Å². The van der Waals surface area contributed by atoms with Gasteiger partial charge in [-0.15, -0.1) is 0 Å². The Bertz CT molecular complexity index is 521. The molecule has 0 aliphatic heterocycles. The number of pyridine rings is 1. The second kappa shape index (κ2) is 5.83. The van der Waals surface area contributed by atoms with E-state index in [2.05, 4.69) is 10.4 Å². The van der Waals surface area contributed by atoms with Crippen LogP contribution in [0.3, 0.4) is 0 Å². The number of rotatable bonds is 5. The number of nitrogens with one attached hydrogen (secondary N) is 1. The lowest BCUT2D eigenvalue weighted by Gasteiger charge is -2.23. The van der Waals surface area contributed by atoms with Crippen LogP contribution < -0.4 is 11.3 Å². The van der Waals surface area contributed by atoms with Gasteiger partial charge in [-0.3, -0.25) is 0 Å². The molecule has 8 heteroatoms. The molecule has 102 valence electrons. The van der Waals surface area contributed by atoms with Gasteiger partial charge < -0.3 is 5.43 Å². The van der Waals surface area contributed by atoms with Gasteiger partial charge in [0, 0.05) is 19.3 Å². The van der Waals surface area contributed by atoms with Crippen molar-refractivity contribution in [1.29, 1.82) is 0 Å². The number of nitrogens with zero attached hydrogens (tertiary/aromatic N) is 2. The third kappa shape index (κ3) is 2.92. The molecule has 0 fully saturated rings. The summed E-state index contributed by atoms with van der Waals surface area (Å²) in [5, 5.41) is 0.163. The Morgan fingerprint density at radius 2 is 2.22 bits per heavy atom. The summed E-state index contributed by atoms with van der Waals surface area (Å²) >= 11 is 5.87. The molecule has 1 rings (SSSR count). The van der Waals surface area contributed by atoms with E-state index in [4.69, 9.17) is 17.4 Å². The van der Waals surface area contributed by atoms with Crippen molar-refractivity contribution in [3.8, 4) is 0 Å². The van der Waals surface area contributed by atoms with E-state index in [-0.39, 0.29) is 21.8 Å². The third-order valence-corrected chi connectivity index (χ3v) is 5.07. The number of hydrazine groups is 1. The molecule has 0 radical (unpaired) electrons. The van der Waals surface area contributed by atoms with Gasteiger partial charge in [-0.05, 0) is 19.4 Å². The summed E-state index contributed by atoms with van der Waals surface area (Å²) in [6, 6.07) is 1.24. The highest BCUT2D eigenvalue weighted by molar-refractivity contribution is 7.89. The Balaban J connectivity index is 3.17. The molecule has 0 bridgehead atoms. The first kappa shape index (κ1) is 15.2. The molecule has 3 N–H and O–H groups in total. The zero-order valence-corrected chi connectivity index (χ0v) is 12.1. The van der Waals surface area contributed by atoms with Crippen molar-refractivity contribution in [3.05, 3.63) is 17.3 Å². The van der Waals surface area contributed by atoms with Crippen LogP contribution in [-0.2, 0) is 10.0 Å². The second-order valence-electron chi connectivity index (χ2n) is 3.92. The van der Waals surface area contributed by atoms with Gasteiger partial charge in [0.25, 0.3) is 0 Å². The maximum Gasteiger partial charge on any atom is 0.244 e. The van der Waals surface area contributed by atoms with E-state index in [0.717, 1.165) is 6.42 Å². The molecule has 1 heterocycles. The normalized spacial score (nSPS) is 13.7. The fourth-order valence-electron chi connectivity index (χ4n) is 1.33. The molecular formula is C10H17ClN4O2S. The van der Waals surface area contributed by atoms with Crippen LogP contribution in [0, 0.1) is 0 Å². The zero-order valence-electron chi connectivity index (χ0n) is 10.5.